The van der Waals surface area contributed by atoms with Gasteiger partial charge in [-0.15, -0.1) is 0 Å². The van der Waals surface area contributed by atoms with Crippen LogP contribution in [0.3, 0.4) is 0 Å². The SMILES string of the molecule is COC(=O)C(C)C1CCCC(CCN)C1. The maximum absolute atomic E-state index is 11.4. The molecular formula is C12H23NO2. The zero-order valence-corrected chi connectivity index (χ0v) is 9.87. The van der Waals surface area contributed by atoms with Crippen LogP contribution in [-0.4, -0.2) is 19.6 Å². The van der Waals surface area contributed by atoms with Gasteiger partial charge < -0.3 is 10.5 Å². The van der Waals surface area contributed by atoms with E-state index < -0.39 is 0 Å². The Kier molecular flexibility index (Phi) is 5.09. The summed E-state index contributed by atoms with van der Waals surface area (Å²) in [5.74, 6) is 1.22. The van der Waals surface area contributed by atoms with Gasteiger partial charge in [0.25, 0.3) is 0 Å². The van der Waals surface area contributed by atoms with Crippen LogP contribution in [-0.2, 0) is 9.53 Å². The lowest BCUT2D eigenvalue weighted by molar-refractivity contribution is -0.147. The second-order valence-corrected chi connectivity index (χ2v) is 4.68. The van der Waals surface area contributed by atoms with Gasteiger partial charge in [-0.1, -0.05) is 19.8 Å². The summed E-state index contributed by atoms with van der Waals surface area (Å²) in [7, 11) is 1.47. The van der Waals surface area contributed by atoms with Gasteiger partial charge in [0.1, 0.15) is 0 Å². The van der Waals surface area contributed by atoms with Gasteiger partial charge in [0.2, 0.25) is 0 Å². The number of rotatable bonds is 4. The summed E-state index contributed by atoms with van der Waals surface area (Å²) in [6.45, 7) is 2.76. The van der Waals surface area contributed by atoms with E-state index in [9.17, 15) is 4.79 Å². The molecule has 15 heavy (non-hydrogen) atoms. The van der Waals surface area contributed by atoms with Gasteiger partial charge >= 0.3 is 5.97 Å². The van der Waals surface area contributed by atoms with Crippen molar-refractivity contribution in [2.75, 3.05) is 13.7 Å². The molecular weight excluding hydrogens is 190 g/mol. The molecule has 3 atom stereocenters. The average molecular weight is 213 g/mol. The van der Waals surface area contributed by atoms with E-state index in [1.165, 1.54) is 20.0 Å². The molecule has 0 amide bonds. The predicted octanol–water partition coefficient (Wildman–Crippen LogP) is 1.95. The number of esters is 1. The molecule has 3 unspecified atom stereocenters. The Morgan fingerprint density at radius 1 is 1.53 bits per heavy atom. The van der Waals surface area contributed by atoms with Crippen molar-refractivity contribution < 1.29 is 9.53 Å². The van der Waals surface area contributed by atoms with Crippen LogP contribution >= 0.6 is 0 Å². The normalized spacial score (nSPS) is 28.5. The standard InChI is InChI=1S/C12H23NO2/c1-9(12(14)15-2)11-5-3-4-10(8-11)6-7-13/h9-11H,3-8,13H2,1-2H3. The third-order valence-corrected chi connectivity index (χ3v) is 3.68. The molecule has 0 aromatic heterocycles. The van der Waals surface area contributed by atoms with Crippen LogP contribution in [0.5, 0.6) is 0 Å². The predicted molar refractivity (Wildman–Crippen MR) is 60.3 cm³/mol. The van der Waals surface area contributed by atoms with Crippen LogP contribution in [0.25, 0.3) is 0 Å². The molecule has 3 nitrogen and oxygen atoms in total. The van der Waals surface area contributed by atoms with Crippen LogP contribution in [0.2, 0.25) is 0 Å². The fourth-order valence-corrected chi connectivity index (χ4v) is 2.66. The summed E-state index contributed by atoms with van der Waals surface area (Å²) in [5.41, 5.74) is 5.58. The first-order chi connectivity index (χ1) is 7.19. The first-order valence-corrected chi connectivity index (χ1v) is 5.97. The Morgan fingerprint density at radius 2 is 2.27 bits per heavy atom. The van der Waals surface area contributed by atoms with E-state index in [1.54, 1.807) is 0 Å². The number of hydrogen-bond acceptors (Lipinski definition) is 3. The molecule has 0 bridgehead atoms. The van der Waals surface area contributed by atoms with Crippen LogP contribution in [0.1, 0.15) is 39.0 Å². The van der Waals surface area contributed by atoms with Gasteiger partial charge in [0.15, 0.2) is 0 Å². The third-order valence-electron chi connectivity index (χ3n) is 3.68. The van der Waals surface area contributed by atoms with Crippen molar-refractivity contribution in [3.8, 4) is 0 Å². The van der Waals surface area contributed by atoms with E-state index in [0.717, 1.165) is 31.7 Å². The number of nitrogens with two attached hydrogens (primary N) is 1. The molecule has 0 saturated heterocycles. The Bertz CT molecular complexity index is 204. The molecule has 1 saturated carbocycles. The van der Waals surface area contributed by atoms with Crippen molar-refractivity contribution in [1.29, 1.82) is 0 Å². The molecule has 88 valence electrons. The van der Waals surface area contributed by atoms with Crippen LogP contribution in [0.4, 0.5) is 0 Å². The number of carbonyl (C=O) groups is 1. The van der Waals surface area contributed by atoms with Crippen molar-refractivity contribution in [2.45, 2.75) is 39.0 Å². The molecule has 0 heterocycles. The lowest BCUT2D eigenvalue weighted by Crippen LogP contribution is -2.28. The van der Waals surface area contributed by atoms with Gasteiger partial charge in [-0.2, -0.15) is 0 Å². The highest BCUT2D eigenvalue weighted by Gasteiger charge is 2.29. The summed E-state index contributed by atoms with van der Waals surface area (Å²) < 4.78 is 4.80. The molecule has 0 aliphatic heterocycles. The molecule has 1 aliphatic rings. The summed E-state index contributed by atoms with van der Waals surface area (Å²) in [6.07, 6.45) is 5.92. The maximum atomic E-state index is 11.4. The highest BCUT2D eigenvalue weighted by molar-refractivity contribution is 5.72. The Hall–Kier alpha value is -0.570. The minimum atomic E-state index is -0.0617. The minimum absolute atomic E-state index is 0.0515. The van der Waals surface area contributed by atoms with E-state index in [1.807, 2.05) is 6.92 Å². The number of methoxy groups -OCH3 is 1. The van der Waals surface area contributed by atoms with Crippen molar-refractivity contribution in [2.24, 2.45) is 23.5 Å². The average Bonchev–Trinajstić information content (AvgIpc) is 2.28. The van der Waals surface area contributed by atoms with Gasteiger partial charge in [-0.3, -0.25) is 4.79 Å². The van der Waals surface area contributed by atoms with Crippen molar-refractivity contribution in [3.63, 3.8) is 0 Å². The molecule has 1 rings (SSSR count). The zero-order valence-electron chi connectivity index (χ0n) is 9.87. The van der Waals surface area contributed by atoms with E-state index in [0.29, 0.717) is 5.92 Å². The molecule has 2 N–H and O–H groups in total. The fourth-order valence-electron chi connectivity index (χ4n) is 2.66. The summed E-state index contributed by atoms with van der Waals surface area (Å²) in [6, 6.07) is 0. The van der Waals surface area contributed by atoms with Crippen molar-refractivity contribution in [1.82, 2.24) is 0 Å². The maximum Gasteiger partial charge on any atom is 0.308 e. The van der Waals surface area contributed by atoms with Gasteiger partial charge in [-0.25, -0.2) is 0 Å². The highest BCUT2D eigenvalue weighted by atomic mass is 16.5. The van der Waals surface area contributed by atoms with E-state index >= 15 is 0 Å². The van der Waals surface area contributed by atoms with Crippen LogP contribution < -0.4 is 5.73 Å². The van der Waals surface area contributed by atoms with Gasteiger partial charge in [0.05, 0.1) is 13.0 Å². The Labute approximate surface area is 92.4 Å². The molecule has 1 fully saturated rings. The molecule has 1 aliphatic carbocycles. The second kappa shape index (κ2) is 6.11. The fraction of sp³-hybridized carbons (Fsp3) is 0.917. The zero-order chi connectivity index (χ0) is 11.3. The lowest BCUT2D eigenvalue weighted by atomic mass is 9.74. The minimum Gasteiger partial charge on any atom is -0.469 e. The molecule has 0 aromatic rings. The van der Waals surface area contributed by atoms with Crippen molar-refractivity contribution >= 4 is 5.97 Å². The number of ether oxygens (including phenoxy) is 1. The summed E-state index contributed by atoms with van der Waals surface area (Å²) in [5, 5.41) is 0. The van der Waals surface area contributed by atoms with Crippen molar-refractivity contribution in [3.05, 3.63) is 0 Å². The monoisotopic (exact) mass is 213 g/mol. The first-order valence-electron chi connectivity index (χ1n) is 5.97. The third kappa shape index (κ3) is 3.49. The molecule has 3 heteroatoms. The highest BCUT2D eigenvalue weighted by Crippen LogP contribution is 2.35. The Morgan fingerprint density at radius 3 is 2.87 bits per heavy atom. The summed E-state index contributed by atoms with van der Waals surface area (Å²) in [4.78, 5) is 11.4. The topological polar surface area (TPSA) is 52.3 Å². The molecule has 0 radical (unpaired) electrons. The summed E-state index contributed by atoms with van der Waals surface area (Å²) >= 11 is 0. The van der Waals surface area contributed by atoms with Gasteiger partial charge in [-0.05, 0) is 37.6 Å². The quantitative estimate of drug-likeness (QED) is 0.726. The van der Waals surface area contributed by atoms with Crippen LogP contribution in [0, 0.1) is 17.8 Å². The molecule has 0 spiro atoms. The number of carbonyl (C=O) groups excluding carboxylic acids is 1. The van der Waals surface area contributed by atoms with E-state index in [2.05, 4.69) is 0 Å². The van der Waals surface area contributed by atoms with Gasteiger partial charge in [0, 0.05) is 0 Å². The van der Waals surface area contributed by atoms with Crippen LogP contribution in [0.15, 0.2) is 0 Å². The largest absolute Gasteiger partial charge is 0.469 e. The lowest BCUT2D eigenvalue weighted by Gasteiger charge is -2.31. The second-order valence-electron chi connectivity index (χ2n) is 4.68. The van der Waals surface area contributed by atoms with E-state index in [-0.39, 0.29) is 11.9 Å². The Balaban J connectivity index is 2.44. The first kappa shape index (κ1) is 12.5. The number of hydrogen-bond donors (Lipinski definition) is 1. The molecule has 0 aromatic carbocycles. The smallest absolute Gasteiger partial charge is 0.308 e. The van der Waals surface area contributed by atoms with E-state index in [4.69, 9.17) is 10.5 Å².